The van der Waals surface area contributed by atoms with Crippen LogP contribution in [0.3, 0.4) is 0 Å². The largest absolute Gasteiger partial charge is 0.462 e. The van der Waals surface area contributed by atoms with Gasteiger partial charge in [-0.15, -0.1) is 0 Å². The van der Waals surface area contributed by atoms with Gasteiger partial charge in [-0.05, 0) is 31.2 Å². The molecule has 5 atom stereocenters. The molecule has 2 saturated heterocycles. The maximum absolute atomic E-state index is 12.4. The molecular weight excluding hydrogens is 486 g/mol. The molecule has 9 nitrogen and oxygen atoms in total. The zero-order valence-electron chi connectivity index (χ0n) is 23.3. The Hall–Kier alpha value is -2.98. The fraction of sp³-hybridized carbons (Fsp3) is 0.517. The van der Waals surface area contributed by atoms with Gasteiger partial charge in [-0.3, -0.25) is 14.2 Å². The number of hydrogen-bond donors (Lipinski definition) is 2. The summed E-state index contributed by atoms with van der Waals surface area (Å²) in [5.74, 6) is -0.440. The quantitative estimate of drug-likeness (QED) is 0.439. The average molecular weight is 529 g/mol. The van der Waals surface area contributed by atoms with Gasteiger partial charge in [0.2, 0.25) is 0 Å². The smallest absolute Gasteiger partial charge is 0.414 e. The monoisotopic (exact) mass is 528 g/mol. The van der Waals surface area contributed by atoms with Crippen LogP contribution in [0.1, 0.15) is 30.7 Å². The van der Waals surface area contributed by atoms with Crippen molar-refractivity contribution in [3.05, 3.63) is 60.2 Å². The van der Waals surface area contributed by atoms with Crippen molar-refractivity contribution in [2.24, 2.45) is 0 Å². The van der Waals surface area contributed by atoms with Crippen molar-refractivity contribution in [2.45, 2.75) is 49.5 Å². The average Bonchev–Trinajstić information content (AvgIpc) is 3.01. The predicted octanol–water partition coefficient (Wildman–Crippen LogP) is 2.85. The molecule has 2 bridgehead atoms. The number of fused-ring (bicyclic) bond motifs is 2. The third kappa shape index (κ3) is 7.54. The normalized spacial score (nSPS) is 23.6. The van der Waals surface area contributed by atoms with Crippen molar-refractivity contribution in [1.29, 1.82) is 0 Å². The molecule has 38 heavy (non-hydrogen) atoms. The van der Waals surface area contributed by atoms with E-state index in [0.717, 1.165) is 24.1 Å². The van der Waals surface area contributed by atoms with Crippen molar-refractivity contribution >= 4 is 17.7 Å². The zero-order valence-corrected chi connectivity index (χ0v) is 23.3. The summed E-state index contributed by atoms with van der Waals surface area (Å²) in [5.41, 5.74) is 1.86. The van der Waals surface area contributed by atoms with Crippen molar-refractivity contribution in [1.82, 2.24) is 14.3 Å². The highest BCUT2D eigenvalue weighted by Crippen LogP contribution is 2.36. The lowest BCUT2D eigenvalue weighted by atomic mass is 9.98. The van der Waals surface area contributed by atoms with Gasteiger partial charge in [-0.25, -0.2) is 4.79 Å². The number of piperidine rings is 1. The summed E-state index contributed by atoms with van der Waals surface area (Å²) in [7, 11) is 11.5. The van der Waals surface area contributed by atoms with Crippen LogP contribution in [0.5, 0.6) is 5.75 Å². The minimum absolute atomic E-state index is 0.0702. The number of likely N-dealkylation sites (N-methyl/N-ethyl adjacent to an activating group) is 1. The first-order chi connectivity index (χ1) is 17.9. The fourth-order valence-electron chi connectivity index (χ4n) is 4.90. The van der Waals surface area contributed by atoms with Crippen LogP contribution in [0.4, 0.5) is 10.5 Å². The maximum Gasteiger partial charge on any atom is 0.414 e. The molecule has 4 rings (SSSR count). The number of ether oxygens (including phenoxy) is 2. The molecule has 9 heteroatoms. The van der Waals surface area contributed by atoms with Gasteiger partial charge >= 0.3 is 12.1 Å². The van der Waals surface area contributed by atoms with Crippen LogP contribution in [-0.2, 0) is 9.53 Å². The Bertz CT molecular complexity index is 1070. The highest BCUT2D eigenvalue weighted by molar-refractivity contribution is 5.78. The van der Waals surface area contributed by atoms with Gasteiger partial charge in [0, 0.05) is 45.1 Å². The molecule has 0 unspecified atom stereocenters. The summed E-state index contributed by atoms with van der Waals surface area (Å²) < 4.78 is 11.5. The zero-order chi connectivity index (χ0) is 28.0. The van der Waals surface area contributed by atoms with Crippen LogP contribution in [0.15, 0.2) is 54.6 Å². The van der Waals surface area contributed by atoms with E-state index in [1.807, 2.05) is 55.6 Å². The van der Waals surface area contributed by atoms with Gasteiger partial charge in [-0.1, -0.05) is 36.4 Å². The molecule has 2 aromatic carbocycles. The van der Waals surface area contributed by atoms with Crippen LogP contribution in [0, 0.1) is 0 Å². The van der Waals surface area contributed by atoms with E-state index in [4.69, 9.17) is 9.47 Å². The number of carbonyl (C=O) groups is 2. The number of hydrogen-bond acceptors (Lipinski definition) is 7. The Labute approximate surface area is 225 Å². The molecule has 2 aliphatic rings. The first-order valence-corrected chi connectivity index (χ1v) is 13.0. The van der Waals surface area contributed by atoms with Crippen LogP contribution in [-0.4, -0.2) is 105 Å². The lowest BCUT2D eigenvalue weighted by molar-refractivity contribution is -0.155. The second-order valence-corrected chi connectivity index (χ2v) is 11.1. The number of esters is 1. The third-order valence-corrected chi connectivity index (χ3v) is 7.21. The van der Waals surface area contributed by atoms with Crippen molar-refractivity contribution in [3.8, 4) is 5.75 Å². The minimum Gasteiger partial charge on any atom is -0.462 e. The number of aliphatic hydroxyl groups excluding tert-OH is 2. The van der Waals surface area contributed by atoms with Crippen LogP contribution in [0.25, 0.3) is 0 Å². The van der Waals surface area contributed by atoms with E-state index in [1.165, 1.54) is 4.90 Å². The second kappa shape index (κ2) is 12.7. The Morgan fingerprint density at radius 3 is 2.32 bits per heavy atom. The third-order valence-electron chi connectivity index (χ3n) is 7.21. The molecule has 2 N–H and O–H groups in total. The summed E-state index contributed by atoms with van der Waals surface area (Å²) in [6, 6.07) is 17.1. The highest BCUT2D eigenvalue weighted by atomic mass is 16.6. The lowest BCUT2D eigenvalue weighted by Crippen LogP contribution is -2.45. The Kier molecular flexibility index (Phi) is 9.89. The predicted molar refractivity (Wildman–Crippen MR) is 147 cm³/mol. The summed E-state index contributed by atoms with van der Waals surface area (Å²) in [4.78, 5) is 27.3. The standard InChI is InChI=1S/C17H23NO4.C12H19N2O2/c1-18-12-7-13(9-15(18)16(20)8-12)22-17(21)14(10-19)11-5-3-2-4-6-11;1-13(2)12(15)16-11-8-6-7-10(9-11)14(3,4)5/h2-6,12-16,19-20H,7-10H2,1H3;6-9H,1-5H3/q;+1/t12-,13-,14+,15+,16-;/m0./s1. The number of carbonyl (C=O) groups excluding carboxylic acids is 2. The number of benzene rings is 2. The molecule has 2 heterocycles. The molecule has 0 spiro atoms. The molecule has 2 fully saturated rings. The lowest BCUT2D eigenvalue weighted by Gasteiger charge is -2.36. The number of nitrogens with zero attached hydrogens (tertiary/aromatic N) is 3. The molecule has 1 amide bonds. The second-order valence-electron chi connectivity index (χ2n) is 11.1. The number of quaternary nitrogens is 1. The van der Waals surface area contributed by atoms with E-state index >= 15 is 0 Å². The van der Waals surface area contributed by atoms with Gasteiger partial charge in [0.15, 0.2) is 0 Å². The topological polar surface area (TPSA) is 99.5 Å². The van der Waals surface area contributed by atoms with Crippen molar-refractivity contribution in [3.63, 3.8) is 0 Å². The maximum atomic E-state index is 12.4. The molecule has 0 saturated carbocycles. The molecule has 2 aliphatic heterocycles. The van der Waals surface area contributed by atoms with Gasteiger partial charge in [-0.2, -0.15) is 0 Å². The van der Waals surface area contributed by atoms with Gasteiger partial charge in [0.1, 0.15) is 23.5 Å². The SMILES string of the molecule is CN(C)C(=O)Oc1cccc([N+](C)(C)C)c1.CN1[C@H]2C[C@H](OC(=O)[C@H](CO)c3ccccc3)C[C@@H]1[C@@H](O)C2. The van der Waals surface area contributed by atoms with Crippen LogP contribution < -0.4 is 9.22 Å². The van der Waals surface area contributed by atoms with E-state index in [0.29, 0.717) is 16.7 Å². The van der Waals surface area contributed by atoms with E-state index in [9.17, 15) is 19.8 Å². The van der Waals surface area contributed by atoms with E-state index < -0.39 is 5.92 Å². The molecule has 208 valence electrons. The van der Waals surface area contributed by atoms with Crippen LogP contribution in [0.2, 0.25) is 0 Å². The van der Waals surface area contributed by atoms with E-state index in [2.05, 4.69) is 26.0 Å². The molecule has 0 aromatic heterocycles. The van der Waals surface area contributed by atoms with Gasteiger partial charge < -0.3 is 24.6 Å². The fourth-order valence-corrected chi connectivity index (χ4v) is 4.90. The van der Waals surface area contributed by atoms with E-state index in [1.54, 1.807) is 20.2 Å². The van der Waals surface area contributed by atoms with Gasteiger partial charge in [0.25, 0.3) is 0 Å². The number of amides is 1. The Morgan fingerprint density at radius 2 is 1.74 bits per heavy atom. The first-order valence-electron chi connectivity index (χ1n) is 13.0. The molecule has 0 aliphatic carbocycles. The summed E-state index contributed by atoms with van der Waals surface area (Å²) in [6.45, 7) is -0.259. The molecule has 2 aromatic rings. The molecule has 0 radical (unpaired) electrons. The number of rotatable bonds is 6. The summed E-state index contributed by atoms with van der Waals surface area (Å²) in [6.07, 6.45) is 1.29. The highest BCUT2D eigenvalue weighted by Gasteiger charge is 2.45. The first kappa shape index (κ1) is 29.6. The minimum atomic E-state index is -0.636. The summed E-state index contributed by atoms with van der Waals surface area (Å²) in [5, 5.41) is 19.6. The van der Waals surface area contributed by atoms with Crippen molar-refractivity contribution in [2.75, 3.05) is 48.9 Å². The molecular formula is C29H42N3O6+. The Balaban J connectivity index is 0.000000223. The number of aliphatic hydroxyl groups is 2. The summed E-state index contributed by atoms with van der Waals surface area (Å²) >= 11 is 0. The Morgan fingerprint density at radius 1 is 1.05 bits per heavy atom. The van der Waals surface area contributed by atoms with Gasteiger partial charge in [0.05, 0.1) is 33.9 Å². The van der Waals surface area contributed by atoms with Crippen molar-refractivity contribution < 1.29 is 29.3 Å². The van der Waals surface area contributed by atoms with E-state index in [-0.39, 0.29) is 43.0 Å². The van der Waals surface area contributed by atoms with Crippen LogP contribution >= 0.6 is 0 Å².